The van der Waals surface area contributed by atoms with Crippen molar-refractivity contribution in [1.29, 1.82) is 5.26 Å². The van der Waals surface area contributed by atoms with Crippen molar-refractivity contribution in [3.8, 4) is 6.07 Å². The molecular formula is C31H40N4O2. The van der Waals surface area contributed by atoms with Gasteiger partial charge in [-0.1, -0.05) is 79.8 Å². The molecule has 1 rings (SSSR count). The Kier molecular flexibility index (Phi) is 18.9. The highest BCUT2D eigenvalue weighted by molar-refractivity contribution is 5.93. The van der Waals surface area contributed by atoms with Crippen molar-refractivity contribution in [1.82, 2.24) is 15.6 Å². The minimum atomic E-state index is -0.288. The van der Waals surface area contributed by atoms with Crippen LogP contribution in [0, 0.1) is 11.3 Å². The van der Waals surface area contributed by atoms with E-state index < -0.39 is 0 Å². The van der Waals surface area contributed by atoms with Crippen molar-refractivity contribution in [2.75, 3.05) is 13.1 Å². The molecule has 37 heavy (non-hydrogen) atoms. The smallest absolute Gasteiger partial charge is 0.252 e. The van der Waals surface area contributed by atoms with Crippen LogP contribution in [0.5, 0.6) is 0 Å². The van der Waals surface area contributed by atoms with Crippen LogP contribution in [0.4, 0.5) is 0 Å². The van der Waals surface area contributed by atoms with Gasteiger partial charge in [0.1, 0.15) is 11.8 Å². The number of carbonyl (C=O) groups excluding carboxylic acids is 2. The van der Waals surface area contributed by atoms with E-state index in [0.29, 0.717) is 31.5 Å². The second-order valence-electron chi connectivity index (χ2n) is 8.10. The average Bonchev–Trinajstić information content (AvgIpc) is 2.92. The van der Waals surface area contributed by atoms with Crippen LogP contribution in [0.1, 0.15) is 74.3 Å². The van der Waals surface area contributed by atoms with Gasteiger partial charge in [-0.05, 0) is 57.1 Å². The SMILES string of the molecule is CCC=CCC=CCC=CCC=CCC=CCC=CCCC(=O)NCCNC(=O)c1ccc(C#N)nc1. The Balaban J connectivity index is 2.00. The zero-order valence-electron chi connectivity index (χ0n) is 21.9. The predicted molar refractivity (Wildman–Crippen MR) is 152 cm³/mol. The van der Waals surface area contributed by atoms with Gasteiger partial charge < -0.3 is 10.6 Å². The van der Waals surface area contributed by atoms with E-state index in [9.17, 15) is 9.59 Å². The monoisotopic (exact) mass is 500 g/mol. The van der Waals surface area contributed by atoms with Gasteiger partial charge in [0.15, 0.2) is 0 Å². The molecule has 0 aliphatic heterocycles. The Bertz CT molecular complexity index is 993. The van der Waals surface area contributed by atoms with Crippen LogP contribution in [0.2, 0.25) is 0 Å². The number of nitrogens with one attached hydrogen (secondary N) is 2. The summed E-state index contributed by atoms with van der Waals surface area (Å²) in [4.78, 5) is 27.7. The highest BCUT2D eigenvalue weighted by Gasteiger charge is 2.05. The number of nitriles is 1. The molecule has 0 atom stereocenters. The lowest BCUT2D eigenvalue weighted by Gasteiger charge is -2.06. The van der Waals surface area contributed by atoms with Gasteiger partial charge in [0.05, 0.1) is 5.56 Å². The van der Waals surface area contributed by atoms with Gasteiger partial charge in [-0.15, -0.1) is 0 Å². The molecule has 2 N–H and O–H groups in total. The standard InChI is InChI=1S/C31H40N4O2/c1-2-3-4-5-6-7-8-9-10-11-12-13-14-15-16-17-18-19-20-21-30(36)33-24-25-34-31(37)28-22-23-29(26-32)35-27-28/h3-4,6-7,9-10,12-13,15-16,18-19,22-23,27H,2,5,8,11,14,17,20-21,24-25H2,1H3,(H,33,36)(H,34,37). The molecule has 6 nitrogen and oxygen atoms in total. The first-order valence-electron chi connectivity index (χ1n) is 13.0. The first-order chi connectivity index (χ1) is 18.2. The van der Waals surface area contributed by atoms with E-state index in [-0.39, 0.29) is 17.5 Å². The molecule has 0 saturated carbocycles. The Labute approximate surface area is 222 Å². The molecule has 196 valence electrons. The number of rotatable bonds is 18. The summed E-state index contributed by atoms with van der Waals surface area (Å²) in [5, 5.41) is 14.2. The lowest BCUT2D eigenvalue weighted by atomic mass is 10.2. The van der Waals surface area contributed by atoms with E-state index in [0.717, 1.165) is 38.5 Å². The van der Waals surface area contributed by atoms with E-state index in [1.54, 1.807) is 6.07 Å². The van der Waals surface area contributed by atoms with Crippen molar-refractivity contribution < 1.29 is 9.59 Å². The number of hydrogen-bond acceptors (Lipinski definition) is 4. The second-order valence-corrected chi connectivity index (χ2v) is 8.10. The van der Waals surface area contributed by atoms with E-state index in [1.165, 1.54) is 12.3 Å². The van der Waals surface area contributed by atoms with E-state index >= 15 is 0 Å². The average molecular weight is 501 g/mol. The highest BCUT2D eigenvalue weighted by atomic mass is 16.2. The summed E-state index contributed by atoms with van der Waals surface area (Å²) >= 11 is 0. The van der Waals surface area contributed by atoms with Crippen LogP contribution < -0.4 is 10.6 Å². The minimum absolute atomic E-state index is 0.0474. The number of hydrogen-bond donors (Lipinski definition) is 2. The lowest BCUT2D eigenvalue weighted by Crippen LogP contribution is -2.34. The van der Waals surface area contributed by atoms with Crippen molar-refractivity contribution in [2.24, 2.45) is 0 Å². The Morgan fingerprint density at radius 1 is 0.784 bits per heavy atom. The number of pyridine rings is 1. The van der Waals surface area contributed by atoms with Crippen molar-refractivity contribution in [3.63, 3.8) is 0 Å². The van der Waals surface area contributed by atoms with Gasteiger partial charge in [0.2, 0.25) is 5.91 Å². The Morgan fingerprint density at radius 3 is 1.78 bits per heavy atom. The van der Waals surface area contributed by atoms with Crippen LogP contribution in [0.25, 0.3) is 0 Å². The van der Waals surface area contributed by atoms with Crippen molar-refractivity contribution >= 4 is 11.8 Å². The molecule has 6 heteroatoms. The van der Waals surface area contributed by atoms with Crippen molar-refractivity contribution in [2.45, 2.75) is 58.3 Å². The molecule has 2 amide bonds. The fourth-order valence-corrected chi connectivity index (χ4v) is 3.02. The van der Waals surface area contributed by atoms with E-state index in [2.05, 4.69) is 89.4 Å². The first-order valence-corrected chi connectivity index (χ1v) is 13.0. The molecule has 0 saturated heterocycles. The highest BCUT2D eigenvalue weighted by Crippen LogP contribution is 2.00. The summed E-state index contributed by atoms with van der Waals surface area (Å²) in [6.45, 7) is 2.83. The van der Waals surface area contributed by atoms with Gasteiger partial charge in [0.25, 0.3) is 5.91 Å². The quantitative estimate of drug-likeness (QED) is 0.183. The molecule has 1 heterocycles. The molecule has 0 aromatic carbocycles. The zero-order chi connectivity index (χ0) is 26.8. The number of amides is 2. The molecule has 0 aliphatic carbocycles. The largest absolute Gasteiger partial charge is 0.354 e. The molecule has 0 aliphatic rings. The molecule has 0 bridgehead atoms. The summed E-state index contributed by atoms with van der Waals surface area (Å²) in [7, 11) is 0. The maximum Gasteiger partial charge on any atom is 0.252 e. The van der Waals surface area contributed by atoms with Gasteiger partial charge >= 0.3 is 0 Å². The summed E-state index contributed by atoms with van der Waals surface area (Å²) < 4.78 is 0. The zero-order valence-corrected chi connectivity index (χ0v) is 21.9. The summed E-state index contributed by atoms with van der Waals surface area (Å²) in [5.74, 6) is -0.335. The Morgan fingerprint density at radius 2 is 1.30 bits per heavy atom. The number of allylic oxidation sites excluding steroid dienone is 12. The third-order valence-electron chi connectivity index (χ3n) is 5.01. The molecule has 0 fully saturated rings. The molecule has 0 spiro atoms. The molecule has 1 aromatic heterocycles. The number of carbonyl (C=O) groups is 2. The third-order valence-corrected chi connectivity index (χ3v) is 5.01. The second kappa shape index (κ2) is 22.5. The Hall–Kier alpha value is -3.98. The first kappa shape index (κ1) is 31.1. The van der Waals surface area contributed by atoms with E-state index in [4.69, 9.17) is 5.26 Å². The molecular weight excluding hydrogens is 460 g/mol. The maximum absolute atomic E-state index is 12.0. The summed E-state index contributed by atoms with van der Waals surface area (Å²) in [6.07, 6.45) is 34.1. The summed E-state index contributed by atoms with van der Waals surface area (Å²) in [5.41, 5.74) is 0.638. The lowest BCUT2D eigenvalue weighted by molar-refractivity contribution is -0.120. The fraction of sp³-hybridized carbons (Fsp3) is 0.355. The number of aromatic nitrogens is 1. The maximum atomic E-state index is 12.0. The van der Waals surface area contributed by atoms with Crippen LogP contribution in [0.15, 0.2) is 91.2 Å². The summed E-state index contributed by atoms with van der Waals surface area (Å²) in [6, 6.07) is 4.94. The van der Waals surface area contributed by atoms with Crippen LogP contribution in [-0.2, 0) is 4.79 Å². The molecule has 1 aromatic rings. The van der Waals surface area contributed by atoms with Gasteiger partial charge in [-0.2, -0.15) is 5.26 Å². The van der Waals surface area contributed by atoms with Crippen LogP contribution >= 0.6 is 0 Å². The van der Waals surface area contributed by atoms with Crippen LogP contribution in [-0.4, -0.2) is 29.9 Å². The minimum Gasteiger partial charge on any atom is -0.354 e. The molecule has 0 radical (unpaired) electrons. The third kappa shape index (κ3) is 18.0. The number of nitrogens with zero attached hydrogens (tertiary/aromatic N) is 2. The van der Waals surface area contributed by atoms with Crippen LogP contribution in [0.3, 0.4) is 0 Å². The molecule has 0 unspecified atom stereocenters. The van der Waals surface area contributed by atoms with Gasteiger partial charge in [0, 0.05) is 25.7 Å². The predicted octanol–water partition coefficient (Wildman–Crippen LogP) is 6.28. The normalized spacial score (nSPS) is 12.0. The van der Waals surface area contributed by atoms with E-state index in [1.807, 2.05) is 12.1 Å². The fourth-order valence-electron chi connectivity index (χ4n) is 3.02. The van der Waals surface area contributed by atoms with Crippen molar-refractivity contribution in [3.05, 3.63) is 102 Å². The van der Waals surface area contributed by atoms with Gasteiger partial charge in [-0.3, -0.25) is 9.59 Å². The topological polar surface area (TPSA) is 94.9 Å². The van der Waals surface area contributed by atoms with Gasteiger partial charge in [-0.25, -0.2) is 4.98 Å².